The first-order valence-electron chi connectivity index (χ1n) is 2.84. The Bertz CT molecular complexity index is 62.8. The van der Waals surface area contributed by atoms with Gasteiger partial charge < -0.3 is 15.5 Å². The molecule has 0 amide bonds. The van der Waals surface area contributed by atoms with Crippen LogP contribution in [0.1, 0.15) is 6.42 Å². The number of hydrogen-bond acceptors (Lipinski definition) is 3. The summed E-state index contributed by atoms with van der Waals surface area (Å²) in [5.74, 6) is 0. The molecule has 1 aliphatic heterocycles. The first-order chi connectivity index (χ1) is 3.86. The molecule has 0 aromatic rings. The van der Waals surface area contributed by atoms with Gasteiger partial charge in [-0.25, -0.2) is 0 Å². The van der Waals surface area contributed by atoms with Gasteiger partial charge in [-0.05, 0) is 6.42 Å². The Labute approximate surface area is 48.3 Å². The molecule has 0 aromatic carbocycles. The Hall–Kier alpha value is -0.120. The molecule has 1 heterocycles. The summed E-state index contributed by atoms with van der Waals surface area (Å²) in [6, 6.07) is 0.485. The third kappa shape index (κ3) is 0.992. The Morgan fingerprint density at radius 2 is 1.62 bits per heavy atom. The van der Waals surface area contributed by atoms with Gasteiger partial charge in [0.15, 0.2) is 0 Å². The van der Waals surface area contributed by atoms with Crippen molar-refractivity contribution in [3.63, 3.8) is 0 Å². The van der Waals surface area contributed by atoms with Gasteiger partial charge in [-0.15, -0.1) is 0 Å². The largest absolute Gasteiger partial charge is 0.395 e. The molecule has 0 radical (unpaired) electrons. The third-order valence-corrected chi connectivity index (χ3v) is 1.48. The molecule has 0 aliphatic carbocycles. The number of aliphatic hydroxyl groups is 2. The van der Waals surface area contributed by atoms with Crippen molar-refractivity contribution in [1.29, 1.82) is 0 Å². The molecule has 48 valence electrons. The van der Waals surface area contributed by atoms with Crippen LogP contribution in [0.3, 0.4) is 0 Å². The zero-order chi connectivity index (χ0) is 5.98. The molecule has 3 N–H and O–H groups in total. The van der Waals surface area contributed by atoms with E-state index in [2.05, 4.69) is 5.32 Å². The van der Waals surface area contributed by atoms with Gasteiger partial charge in [-0.3, -0.25) is 0 Å². The number of hydrogen-bond donors (Lipinski definition) is 3. The van der Waals surface area contributed by atoms with Crippen LogP contribution in [-0.2, 0) is 0 Å². The second-order valence-corrected chi connectivity index (χ2v) is 2.16. The SMILES string of the molecule is OC[C@@H]1C[C@@H](CO)N1. The second kappa shape index (κ2) is 2.44. The van der Waals surface area contributed by atoms with Crippen LogP contribution in [0.2, 0.25) is 0 Å². The van der Waals surface area contributed by atoms with E-state index in [0.29, 0.717) is 0 Å². The molecular weight excluding hydrogens is 106 g/mol. The Morgan fingerprint density at radius 1 is 1.25 bits per heavy atom. The molecule has 0 saturated carbocycles. The fourth-order valence-electron chi connectivity index (χ4n) is 0.907. The molecule has 0 bridgehead atoms. The average Bonchev–Trinajstić information content (AvgIpc) is 1.65. The lowest BCUT2D eigenvalue weighted by Gasteiger charge is -2.34. The van der Waals surface area contributed by atoms with Crippen LogP contribution in [-0.4, -0.2) is 35.5 Å². The van der Waals surface area contributed by atoms with Crippen LogP contribution in [0.4, 0.5) is 0 Å². The summed E-state index contributed by atoms with van der Waals surface area (Å²) in [4.78, 5) is 0. The van der Waals surface area contributed by atoms with E-state index in [1.165, 1.54) is 0 Å². The van der Waals surface area contributed by atoms with E-state index in [4.69, 9.17) is 10.2 Å². The predicted octanol–water partition coefficient (Wildman–Crippen LogP) is -1.30. The van der Waals surface area contributed by atoms with E-state index < -0.39 is 0 Å². The average molecular weight is 117 g/mol. The second-order valence-electron chi connectivity index (χ2n) is 2.16. The molecule has 0 aromatic heterocycles. The van der Waals surface area contributed by atoms with Crippen LogP contribution in [0.5, 0.6) is 0 Å². The molecule has 0 unspecified atom stereocenters. The highest BCUT2D eigenvalue weighted by molar-refractivity contribution is 4.86. The lowest BCUT2D eigenvalue weighted by molar-refractivity contribution is 0.114. The minimum absolute atomic E-state index is 0.191. The third-order valence-electron chi connectivity index (χ3n) is 1.48. The minimum atomic E-state index is 0.191. The van der Waals surface area contributed by atoms with Crippen molar-refractivity contribution in [3.8, 4) is 0 Å². The van der Waals surface area contributed by atoms with Crippen LogP contribution in [0.25, 0.3) is 0 Å². The van der Waals surface area contributed by atoms with Gasteiger partial charge in [0, 0.05) is 12.1 Å². The number of rotatable bonds is 2. The molecule has 8 heavy (non-hydrogen) atoms. The van der Waals surface area contributed by atoms with Crippen LogP contribution in [0, 0.1) is 0 Å². The van der Waals surface area contributed by atoms with Gasteiger partial charge in [0.2, 0.25) is 0 Å². The summed E-state index contributed by atoms with van der Waals surface area (Å²) in [5, 5.41) is 19.9. The Kier molecular flexibility index (Phi) is 1.83. The predicted molar refractivity (Wildman–Crippen MR) is 29.5 cm³/mol. The summed E-state index contributed by atoms with van der Waals surface area (Å²) in [7, 11) is 0. The fourth-order valence-corrected chi connectivity index (χ4v) is 0.907. The zero-order valence-corrected chi connectivity index (χ0v) is 4.67. The lowest BCUT2D eigenvalue weighted by Crippen LogP contribution is -2.55. The van der Waals surface area contributed by atoms with Gasteiger partial charge in [0.25, 0.3) is 0 Å². The highest BCUT2D eigenvalue weighted by Crippen LogP contribution is 2.08. The lowest BCUT2D eigenvalue weighted by atomic mass is 9.99. The molecule has 1 fully saturated rings. The molecule has 1 aliphatic rings. The standard InChI is InChI=1S/C5H11NO2/c7-2-4-1-5(3-8)6-4/h4-8H,1-3H2/t4-,5-/m0/s1. The van der Waals surface area contributed by atoms with Crippen molar-refractivity contribution in [1.82, 2.24) is 5.32 Å². The van der Waals surface area contributed by atoms with E-state index in [9.17, 15) is 0 Å². The van der Waals surface area contributed by atoms with E-state index in [1.807, 2.05) is 0 Å². The van der Waals surface area contributed by atoms with E-state index >= 15 is 0 Å². The molecular formula is C5H11NO2. The van der Waals surface area contributed by atoms with Gasteiger partial charge in [-0.1, -0.05) is 0 Å². The van der Waals surface area contributed by atoms with Crippen molar-refractivity contribution < 1.29 is 10.2 Å². The van der Waals surface area contributed by atoms with E-state index in [0.717, 1.165) is 6.42 Å². The Balaban J connectivity index is 2.03. The summed E-state index contributed by atoms with van der Waals surface area (Å²) < 4.78 is 0. The Morgan fingerprint density at radius 3 is 1.88 bits per heavy atom. The van der Waals surface area contributed by atoms with Gasteiger partial charge in [0.05, 0.1) is 13.2 Å². The van der Waals surface area contributed by atoms with E-state index in [1.54, 1.807) is 0 Å². The molecule has 3 heteroatoms. The van der Waals surface area contributed by atoms with Crippen molar-refractivity contribution >= 4 is 0 Å². The first-order valence-corrected chi connectivity index (χ1v) is 2.84. The maximum atomic E-state index is 8.46. The molecule has 0 spiro atoms. The van der Waals surface area contributed by atoms with Crippen LogP contribution >= 0.6 is 0 Å². The topological polar surface area (TPSA) is 52.5 Å². The summed E-state index contributed by atoms with van der Waals surface area (Å²) in [6.45, 7) is 0.382. The number of nitrogens with one attached hydrogen (secondary N) is 1. The maximum Gasteiger partial charge on any atom is 0.0585 e. The molecule has 1 rings (SSSR count). The molecule has 3 nitrogen and oxygen atoms in total. The zero-order valence-electron chi connectivity index (χ0n) is 4.67. The minimum Gasteiger partial charge on any atom is -0.395 e. The monoisotopic (exact) mass is 117 g/mol. The number of aliphatic hydroxyl groups excluding tert-OH is 2. The van der Waals surface area contributed by atoms with Gasteiger partial charge in [-0.2, -0.15) is 0 Å². The normalized spacial score (nSPS) is 36.8. The quantitative estimate of drug-likeness (QED) is 0.421. The smallest absolute Gasteiger partial charge is 0.0585 e. The van der Waals surface area contributed by atoms with Crippen LogP contribution in [0.15, 0.2) is 0 Å². The van der Waals surface area contributed by atoms with Gasteiger partial charge >= 0.3 is 0 Å². The van der Waals surface area contributed by atoms with Crippen molar-refractivity contribution in [2.24, 2.45) is 0 Å². The maximum absolute atomic E-state index is 8.46. The highest BCUT2D eigenvalue weighted by Gasteiger charge is 2.25. The fraction of sp³-hybridized carbons (Fsp3) is 1.00. The summed E-state index contributed by atoms with van der Waals surface area (Å²) >= 11 is 0. The van der Waals surface area contributed by atoms with Gasteiger partial charge in [0.1, 0.15) is 0 Å². The first kappa shape index (κ1) is 6.01. The van der Waals surface area contributed by atoms with Crippen LogP contribution < -0.4 is 5.32 Å². The summed E-state index contributed by atoms with van der Waals surface area (Å²) in [6.07, 6.45) is 0.910. The molecule has 1 saturated heterocycles. The summed E-state index contributed by atoms with van der Waals surface area (Å²) in [5.41, 5.74) is 0. The van der Waals surface area contributed by atoms with Crippen molar-refractivity contribution in [3.05, 3.63) is 0 Å². The van der Waals surface area contributed by atoms with Crippen molar-refractivity contribution in [2.75, 3.05) is 13.2 Å². The highest BCUT2D eigenvalue weighted by atomic mass is 16.3. The van der Waals surface area contributed by atoms with Crippen molar-refractivity contribution in [2.45, 2.75) is 18.5 Å². The van der Waals surface area contributed by atoms with E-state index in [-0.39, 0.29) is 25.3 Å². The molecule has 2 atom stereocenters.